The Labute approximate surface area is 179 Å². The van der Waals surface area contributed by atoms with Crippen LogP contribution in [0.4, 0.5) is 0 Å². The fourth-order valence-corrected chi connectivity index (χ4v) is 4.02. The molecule has 0 fully saturated rings. The quantitative estimate of drug-likeness (QED) is 0.211. The predicted molar refractivity (Wildman–Crippen MR) is 110 cm³/mol. The van der Waals surface area contributed by atoms with Crippen LogP contribution in [0.2, 0.25) is 0 Å². The largest absolute Gasteiger partial charge is 0.507 e. The number of aromatic hydroxyl groups is 4. The van der Waals surface area contributed by atoms with Crippen molar-refractivity contribution in [2.45, 2.75) is 12.3 Å². The third-order valence-electron chi connectivity index (χ3n) is 5.52. The summed E-state index contributed by atoms with van der Waals surface area (Å²) in [7, 11) is 1.70. The van der Waals surface area contributed by atoms with E-state index in [2.05, 4.69) is 5.10 Å². The summed E-state index contributed by atoms with van der Waals surface area (Å²) >= 11 is 0. The fraction of sp³-hybridized carbons (Fsp3) is 0.136. The summed E-state index contributed by atoms with van der Waals surface area (Å²) in [6.07, 6.45) is 1.50. The first-order valence-electron chi connectivity index (χ1n) is 9.52. The summed E-state index contributed by atoms with van der Waals surface area (Å²) in [6.45, 7) is 0. The first kappa shape index (κ1) is 19.5. The number of nitrogens with zero attached hydrogens (tertiary/aromatic N) is 2. The summed E-state index contributed by atoms with van der Waals surface area (Å²) in [5.74, 6) is -3.59. The molecule has 0 unspecified atom stereocenters. The van der Waals surface area contributed by atoms with Gasteiger partial charge in [0.1, 0.15) is 22.5 Å². The summed E-state index contributed by atoms with van der Waals surface area (Å²) < 4.78 is 12.8. The van der Waals surface area contributed by atoms with Crippen LogP contribution in [0.5, 0.6) is 28.7 Å². The zero-order valence-corrected chi connectivity index (χ0v) is 16.6. The number of rotatable bonds is 2. The van der Waals surface area contributed by atoms with E-state index in [4.69, 9.17) is 9.15 Å². The second-order valence-corrected chi connectivity index (χ2v) is 7.43. The average Bonchev–Trinajstić information content (AvgIpc) is 3.17. The standard InChI is InChI=1S/C22H16N2O8/c1-24-11(4-5-23-24)10-7-16(28)31-15-8-14(27)18-19(29)20(30)21(32-22(18)17(10)15)9-2-3-12(25)13(26)6-9/h2-6,8,10,25-27,30H,7H2,1H3/t10-/m1/s1. The van der Waals surface area contributed by atoms with Crippen molar-refractivity contribution >= 4 is 16.9 Å². The zero-order chi connectivity index (χ0) is 22.7. The van der Waals surface area contributed by atoms with E-state index in [1.54, 1.807) is 24.0 Å². The van der Waals surface area contributed by atoms with Crippen LogP contribution in [0.15, 0.2) is 45.7 Å². The number of phenols is 3. The number of carbonyl (C=O) groups is 1. The minimum absolute atomic E-state index is 0.0193. The van der Waals surface area contributed by atoms with Gasteiger partial charge in [-0.2, -0.15) is 5.10 Å². The van der Waals surface area contributed by atoms with Gasteiger partial charge >= 0.3 is 5.97 Å². The van der Waals surface area contributed by atoms with E-state index >= 15 is 0 Å². The van der Waals surface area contributed by atoms with E-state index in [0.29, 0.717) is 11.3 Å². The number of fused-ring (bicyclic) bond motifs is 3. The van der Waals surface area contributed by atoms with Crippen LogP contribution in [-0.2, 0) is 11.8 Å². The Morgan fingerprint density at radius 1 is 1.03 bits per heavy atom. The molecule has 3 heterocycles. The van der Waals surface area contributed by atoms with Gasteiger partial charge in [-0.05, 0) is 24.3 Å². The fourth-order valence-electron chi connectivity index (χ4n) is 4.02. The molecule has 0 aliphatic carbocycles. The van der Waals surface area contributed by atoms with Gasteiger partial charge < -0.3 is 29.6 Å². The van der Waals surface area contributed by atoms with Crippen molar-refractivity contribution in [3.8, 4) is 40.1 Å². The third-order valence-corrected chi connectivity index (χ3v) is 5.52. The maximum Gasteiger partial charge on any atom is 0.312 e. The molecule has 1 atom stereocenters. The molecule has 0 radical (unpaired) electrons. The lowest BCUT2D eigenvalue weighted by Gasteiger charge is -2.26. The molecule has 10 heteroatoms. The predicted octanol–water partition coefficient (Wildman–Crippen LogP) is 2.46. The van der Waals surface area contributed by atoms with Crippen molar-refractivity contribution in [1.82, 2.24) is 9.78 Å². The Morgan fingerprint density at radius 2 is 1.81 bits per heavy atom. The van der Waals surface area contributed by atoms with Crippen molar-refractivity contribution in [3.05, 3.63) is 58.0 Å². The molecule has 0 amide bonds. The summed E-state index contributed by atoms with van der Waals surface area (Å²) in [5.41, 5.74) is 0.106. The van der Waals surface area contributed by atoms with Crippen LogP contribution >= 0.6 is 0 Å². The lowest BCUT2D eigenvalue weighted by atomic mass is 9.88. The summed E-state index contributed by atoms with van der Waals surface area (Å²) in [5, 5.41) is 44.3. The van der Waals surface area contributed by atoms with Crippen LogP contribution < -0.4 is 10.2 Å². The van der Waals surface area contributed by atoms with Crippen molar-refractivity contribution in [2.75, 3.05) is 0 Å². The Bertz CT molecular complexity index is 1480. The molecular weight excluding hydrogens is 420 g/mol. The van der Waals surface area contributed by atoms with Crippen molar-refractivity contribution in [1.29, 1.82) is 0 Å². The molecule has 162 valence electrons. The van der Waals surface area contributed by atoms with E-state index in [0.717, 1.165) is 12.1 Å². The highest BCUT2D eigenvalue weighted by molar-refractivity contribution is 5.94. The second-order valence-electron chi connectivity index (χ2n) is 7.43. The first-order valence-corrected chi connectivity index (χ1v) is 9.52. The van der Waals surface area contributed by atoms with Gasteiger partial charge in [0.25, 0.3) is 0 Å². The second kappa shape index (κ2) is 6.77. The Kier molecular flexibility index (Phi) is 4.12. The summed E-state index contributed by atoms with van der Waals surface area (Å²) in [4.78, 5) is 25.2. The van der Waals surface area contributed by atoms with Gasteiger partial charge in [0.2, 0.25) is 11.2 Å². The van der Waals surface area contributed by atoms with Gasteiger partial charge in [-0.15, -0.1) is 0 Å². The van der Waals surface area contributed by atoms with Gasteiger partial charge in [0.05, 0.1) is 6.42 Å². The molecule has 0 bridgehead atoms. The molecule has 32 heavy (non-hydrogen) atoms. The maximum atomic E-state index is 13.0. The lowest BCUT2D eigenvalue weighted by Crippen LogP contribution is -2.23. The molecule has 0 saturated heterocycles. The molecule has 2 aromatic heterocycles. The van der Waals surface area contributed by atoms with E-state index in [1.807, 2.05) is 0 Å². The topological polar surface area (TPSA) is 155 Å². The van der Waals surface area contributed by atoms with Crippen molar-refractivity contribution in [3.63, 3.8) is 0 Å². The number of esters is 1. The molecule has 4 aromatic rings. The molecule has 5 rings (SSSR count). The van der Waals surface area contributed by atoms with E-state index in [9.17, 15) is 30.0 Å². The Hall–Kier alpha value is -4.47. The number of aryl methyl sites for hydroxylation is 1. The molecule has 1 aliphatic heterocycles. The highest BCUT2D eigenvalue weighted by Crippen LogP contribution is 2.47. The highest BCUT2D eigenvalue weighted by Gasteiger charge is 2.35. The van der Waals surface area contributed by atoms with E-state index in [1.165, 1.54) is 12.1 Å². The number of benzene rings is 2. The number of hydrogen-bond acceptors (Lipinski definition) is 9. The van der Waals surface area contributed by atoms with Gasteiger partial charge in [-0.25, -0.2) is 0 Å². The monoisotopic (exact) mass is 436 g/mol. The van der Waals surface area contributed by atoms with E-state index < -0.39 is 40.3 Å². The Morgan fingerprint density at radius 3 is 2.50 bits per heavy atom. The minimum Gasteiger partial charge on any atom is -0.507 e. The van der Waals surface area contributed by atoms with Gasteiger partial charge in [0.15, 0.2) is 17.3 Å². The molecule has 0 spiro atoms. The van der Waals surface area contributed by atoms with Crippen LogP contribution in [0, 0.1) is 0 Å². The molecule has 0 saturated carbocycles. The SMILES string of the molecule is Cn1nccc1[C@H]1CC(=O)Oc2cc(O)c3c(=O)c(O)c(-c4ccc(O)c(O)c4)oc3c21. The van der Waals surface area contributed by atoms with Gasteiger partial charge in [-0.3, -0.25) is 14.3 Å². The summed E-state index contributed by atoms with van der Waals surface area (Å²) in [6, 6.07) is 6.48. The molecule has 4 N–H and O–H groups in total. The van der Waals surface area contributed by atoms with E-state index in [-0.39, 0.29) is 34.5 Å². The zero-order valence-electron chi connectivity index (χ0n) is 16.6. The Balaban J connectivity index is 1.88. The number of carbonyl (C=O) groups excluding carboxylic acids is 1. The molecule has 2 aromatic carbocycles. The molecule has 1 aliphatic rings. The lowest BCUT2D eigenvalue weighted by molar-refractivity contribution is -0.135. The first-order chi connectivity index (χ1) is 15.3. The number of phenolic OH excluding ortho intramolecular Hbond substituents is 3. The smallest absolute Gasteiger partial charge is 0.312 e. The third kappa shape index (κ3) is 2.77. The van der Waals surface area contributed by atoms with Crippen molar-refractivity contribution < 1.29 is 34.4 Å². The van der Waals surface area contributed by atoms with Gasteiger partial charge in [-0.1, -0.05) is 0 Å². The highest BCUT2D eigenvalue weighted by atomic mass is 16.5. The van der Waals surface area contributed by atoms with Crippen LogP contribution in [0.1, 0.15) is 23.6 Å². The number of hydrogen-bond donors (Lipinski definition) is 4. The molecular formula is C22H16N2O8. The normalized spacial score (nSPS) is 15.5. The van der Waals surface area contributed by atoms with Crippen LogP contribution in [-0.4, -0.2) is 36.2 Å². The van der Waals surface area contributed by atoms with Crippen LogP contribution in [0.3, 0.4) is 0 Å². The average molecular weight is 436 g/mol. The maximum absolute atomic E-state index is 13.0. The van der Waals surface area contributed by atoms with Crippen molar-refractivity contribution in [2.24, 2.45) is 7.05 Å². The van der Waals surface area contributed by atoms with Gasteiger partial charge in [0, 0.05) is 42.0 Å². The molecule has 10 nitrogen and oxygen atoms in total. The van der Waals surface area contributed by atoms with Crippen LogP contribution in [0.25, 0.3) is 22.3 Å². The minimum atomic E-state index is -0.908. The number of aromatic nitrogens is 2. The number of ether oxygens (including phenoxy) is 1.